The summed E-state index contributed by atoms with van der Waals surface area (Å²) in [7, 11) is 0. The molecule has 0 radical (unpaired) electrons. The van der Waals surface area contributed by atoms with Crippen LogP contribution >= 0.6 is 0 Å². The lowest BCUT2D eigenvalue weighted by atomic mass is 10.1. The molecule has 2 nitrogen and oxygen atoms in total. The fourth-order valence-electron chi connectivity index (χ4n) is 0.920. The summed E-state index contributed by atoms with van der Waals surface area (Å²) >= 11 is 0. The van der Waals surface area contributed by atoms with Crippen LogP contribution in [-0.2, 0) is 4.79 Å². The Morgan fingerprint density at radius 3 is 3.11 bits per heavy atom. The van der Waals surface area contributed by atoms with Crippen molar-refractivity contribution in [1.82, 2.24) is 0 Å². The molecule has 0 aromatic heterocycles. The third-order valence-electron chi connectivity index (χ3n) is 1.46. The maximum atomic E-state index is 10.6. The molecule has 0 aromatic carbocycles. The largest absolute Gasteiger partial charge is 0.273 e. The lowest BCUT2D eigenvalue weighted by Gasteiger charge is -1.99. The molecule has 9 heavy (non-hydrogen) atoms. The average molecular weight is 125 g/mol. The maximum Gasteiger partial charge on any atom is 0.245 e. The summed E-state index contributed by atoms with van der Waals surface area (Å²) in [6, 6.07) is 0. The second-order valence-electron chi connectivity index (χ2n) is 2.30. The number of carbonyl (C=O) groups excluding carboxylic acids is 1. The highest BCUT2D eigenvalue weighted by Crippen LogP contribution is 2.05. The summed E-state index contributed by atoms with van der Waals surface area (Å²) in [4.78, 5) is 14.4. The number of nitrogens with zero attached hydrogens (tertiary/aromatic N) is 1. The maximum absolute atomic E-state index is 10.6. The Kier molecular flexibility index (Phi) is 2.43. The first-order valence-corrected chi connectivity index (χ1v) is 3.45. The summed E-state index contributed by atoms with van der Waals surface area (Å²) in [5, 5.41) is 0. The first kappa shape index (κ1) is 6.46. The molecule has 0 atom stereocenters. The van der Waals surface area contributed by atoms with E-state index in [0.717, 1.165) is 12.8 Å². The molecule has 0 saturated carbocycles. The minimum absolute atomic E-state index is 0.0506. The molecule has 0 fully saturated rings. The molecular formula is C7H11NO. The fourth-order valence-corrected chi connectivity index (χ4v) is 0.920. The Hall–Kier alpha value is -0.660. The monoisotopic (exact) mass is 125 g/mol. The summed E-state index contributed by atoms with van der Waals surface area (Å²) in [5.41, 5.74) is 0. The summed E-state index contributed by atoms with van der Waals surface area (Å²) in [6.07, 6.45) is 6.76. The highest BCUT2D eigenvalue weighted by Gasteiger charge is 1.99. The lowest BCUT2D eigenvalue weighted by molar-refractivity contribution is -0.117. The number of aliphatic imine (C=N–C) groups is 1. The van der Waals surface area contributed by atoms with Gasteiger partial charge in [0, 0.05) is 12.6 Å². The van der Waals surface area contributed by atoms with Crippen molar-refractivity contribution in [3.63, 3.8) is 0 Å². The Bertz CT molecular complexity index is 129. The van der Waals surface area contributed by atoms with Gasteiger partial charge < -0.3 is 0 Å². The molecule has 0 aromatic rings. The Balaban J connectivity index is 2.39. The Morgan fingerprint density at radius 1 is 1.33 bits per heavy atom. The molecule has 1 amide bonds. The van der Waals surface area contributed by atoms with Crippen molar-refractivity contribution in [2.24, 2.45) is 4.99 Å². The van der Waals surface area contributed by atoms with Crippen LogP contribution in [0.25, 0.3) is 0 Å². The summed E-state index contributed by atoms with van der Waals surface area (Å²) in [5.74, 6) is 0.0506. The van der Waals surface area contributed by atoms with Gasteiger partial charge in [-0.05, 0) is 19.3 Å². The van der Waals surface area contributed by atoms with Crippen molar-refractivity contribution in [3.05, 3.63) is 0 Å². The van der Waals surface area contributed by atoms with Crippen LogP contribution in [0.1, 0.15) is 32.1 Å². The number of hydrogen-bond donors (Lipinski definition) is 0. The third kappa shape index (κ3) is 2.40. The normalized spacial score (nSPS) is 21.1. The van der Waals surface area contributed by atoms with Gasteiger partial charge in [-0.1, -0.05) is 6.42 Å². The summed E-state index contributed by atoms with van der Waals surface area (Å²) < 4.78 is 0. The van der Waals surface area contributed by atoms with Gasteiger partial charge in [0.05, 0.1) is 0 Å². The lowest BCUT2D eigenvalue weighted by Crippen LogP contribution is -1.96. The predicted molar refractivity (Wildman–Crippen MR) is 36.6 cm³/mol. The quantitative estimate of drug-likeness (QED) is 0.483. The number of hydrogen-bond acceptors (Lipinski definition) is 1. The van der Waals surface area contributed by atoms with E-state index >= 15 is 0 Å². The van der Waals surface area contributed by atoms with Gasteiger partial charge in [0.15, 0.2) is 0 Å². The van der Waals surface area contributed by atoms with Gasteiger partial charge in [-0.2, -0.15) is 0 Å². The SMILES string of the molecule is O=C1CCCCCC=N1. The Labute approximate surface area is 55.0 Å². The zero-order valence-corrected chi connectivity index (χ0v) is 5.47. The van der Waals surface area contributed by atoms with Crippen LogP contribution in [0.5, 0.6) is 0 Å². The smallest absolute Gasteiger partial charge is 0.245 e. The minimum atomic E-state index is 0.0506. The van der Waals surface area contributed by atoms with Gasteiger partial charge in [-0.3, -0.25) is 4.79 Å². The number of carbonyl (C=O) groups is 1. The fraction of sp³-hybridized carbons (Fsp3) is 0.714. The number of amides is 1. The van der Waals surface area contributed by atoms with Gasteiger partial charge >= 0.3 is 0 Å². The van der Waals surface area contributed by atoms with E-state index in [1.165, 1.54) is 12.8 Å². The molecule has 2 heteroatoms. The molecule has 0 aliphatic carbocycles. The number of rotatable bonds is 0. The van der Waals surface area contributed by atoms with E-state index in [1.54, 1.807) is 6.21 Å². The van der Waals surface area contributed by atoms with Crippen LogP contribution in [0.2, 0.25) is 0 Å². The van der Waals surface area contributed by atoms with Crippen LogP contribution in [0, 0.1) is 0 Å². The van der Waals surface area contributed by atoms with Crippen molar-refractivity contribution < 1.29 is 4.79 Å². The molecule has 1 rings (SSSR count). The molecule has 50 valence electrons. The zero-order valence-electron chi connectivity index (χ0n) is 5.47. The van der Waals surface area contributed by atoms with Crippen LogP contribution in [0.4, 0.5) is 0 Å². The van der Waals surface area contributed by atoms with Gasteiger partial charge in [0.1, 0.15) is 0 Å². The molecule has 0 unspecified atom stereocenters. The van der Waals surface area contributed by atoms with E-state index in [0.29, 0.717) is 6.42 Å². The van der Waals surface area contributed by atoms with Crippen molar-refractivity contribution in [3.8, 4) is 0 Å². The molecular weight excluding hydrogens is 114 g/mol. The van der Waals surface area contributed by atoms with E-state index in [2.05, 4.69) is 4.99 Å². The van der Waals surface area contributed by atoms with Crippen LogP contribution in [0.3, 0.4) is 0 Å². The van der Waals surface area contributed by atoms with Crippen molar-refractivity contribution in [1.29, 1.82) is 0 Å². The zero-order chi connectivity index (χ0) is 6.53. The van der Waals surface area contributed by atoms with Crippen molar-refractivity contribution >= 4 is 12.1 Å². The van der Waals surface area contributed by atoms with Crippen molar-refractivity contribution in [2.45, 2.75) is 32.1 Å². The summed E-state index contributed by atoms with van der Waals surface area (Å²) in [6.45, 7) is 0. The molecule has 1 heterocycles. The van der Waals surface area contributed by atoms with E-state index in [-0.39, 0.29) is 5.91 Å². The van der Waals surface area contributed by atoms with Crippen LogP contribution < -0.4 is 0 Å². The van der Waals surface area contributed by atoms with Gasteiger partial charge in [0.2, 0.25) is 5.91 Å². The average Bonchev–Trinajstić information content (AvgIpc) is 1.79. The second-order valence-corrected chi connectivity index (χ2v) is 2.30. The first-order chi connectivity index (χ1) is 4.39. The van der Waals surface area contributed by atoms with E-state index in [9.17, 15) is 4.79 Å². The first-order valence-electron chi connectivity index (χ1n) is 3.45. The minimum Gasteiger partial charge on any atom is -0.273 e. The standard InChI is InChI=1S/C7H11NO/c9-7-5-3-1-2-4-6-8-7/h6H,1-5H2. The second kappa shape index (κ2) is 3.38. The van der Waals surface area contributed by atoms with Crippen LogP contribution in [-0.4, -0.2) is 12.1 Å². The molecule has 0 saturated heterocycles. The third-order valence-corrected chi connectivity index (χ3v) is 1.46. The topological polar surface area (TPSA) is 29.4 Å². The van der Waals surface area contributed by atoms with Crippen molar-refractivity contribution in [2.75, 3.05) is 0 Å². The molecule has 1 aliphatic heterocycles. The van der Waals surface area contributed by atoms with Crippen LogP contribution in [0.15, 0.2) is 4.99 Å². The molecule has 0 N–H and O–H groups in total. The molecule has 0 spiro atoms. The molecule has 0 bridgehead atoms. The van der Waals surface area contributed by atoms with E-state index in [1.807, 2.05) is 0 Å². The van der Waals surface area contributed by atoms with Gasteiger partial charge in [-0.25, -0.2) is 4.99 Å². The van der Waals surface area contributed by atoms with Gasteiger partial charge in [-0.15, -0.1) is 0 Å². The van der Waals surface area contributed by atoms with E-state index in [4.69, 9.17) is 0 Å². The highest BCUT2D eigenvalue weighted by atomic mass is 16.1. The Morgan fingerprint density at radius 2 is 2.22 bits per heavy atom. The highest BCUT2D eigenvalue weighted by molar-refractivity contribution is 5.84. The molecule has 1 aliphatic rings. The van der Waals surface area contributed by atoms with E-state index < -0.39 is 0 Å². The predicted octanol–water partition coefficient (Wildman–Crippen LogP) is 1.55. The van der Waals surface area contributed by atoms with Gasteiger partial charge in [0.25, 0.3) is 0 Å².